The summed E-state index contributed by atoms with van der Waals surface area (Å²) in [5.41, 5.74) is 2.77. The fourth-order valence-electron chi connectivity index (χ4n) is 5.53. The number of H-pyrrole nitrogens is 1. The topological polar surface area (TPSA) is 145 Å². The second-order valence-electron chi connectivity index (χ2n) is 9.34. The highest BCUT2D eigenvalue weighted by Crippen LogP contribution is 2.39. The number of piperidine rings is 1. The monoisotopic (exact) mass is 478 g/mol. The fraction of sp³-hybridized carbons (Fsp3) is 0.360. The molecule has 0 aliphatic carbocycles. The Bertz CT molecular complexity index is 1380. The minimum absolute atomic E-state index is 0.0112. The van der Waals surface area contributed by atoms with Crippen molar-refractivity contribution in [2.24, 2.45) is 5.92 Å². The predicted octanol–water partition coefficient (Wildman–Crippen LogP) is 2.38. The van der Waals surface area contributed by atoms with Gasteiger partial charge in [0.1, 0.15) is 6.04 Å². The van der Waals surface area contributed by atoms with Gasteiger partial charge in [-0.25, -0.2) is 0 Å². The lowest BCUT2D eigenvalue weighted by molar-refractivity contribution is -0.145. The Morgan fingerprint density at radius 1 is 1.09 bits per heavy atom. The summed E-state index contributed by atoms with van der Waals surface area (Å²) in [7, 11) is 0. The minimum Gasteiger partial charge on any atom is -0.481 e. The molecule has 10 nitrogen and oxygen atoms in total. The van der Waals surface area contributed by atoms with Crippen LogP contribution in [0, 0.1) is 5.92 Å². The molecule has 5 rings (SSSR count). The van der Waals surface area contributed by atoms with Crippen LogP contribution in [0.3, 0.4) is 0 Å². The number of likely N-dealkylation sites (tertiary alicyclic amines) is 1. The molecule has 182 valence electrons. The molecule has 1 aromatic carbocycles. The van der Waals surface area contributed by atoms with Gasteiger partial charge in [-0.3, -0.25) is 24.1 Å². The number of pyridine rings is 1. The van der Waals surface area contributed by atoms with Gasteiger partial charge >= 0.3 is 11.9 Å². The van der Waals surface area contributed by atoms with E-state index in [0.29, 0.717) is 36.4 Å². The number of carboxylic acid groups (broad SMARTS) is 2. The summed E-state index contributed by atoms with van der Waals surface area (Å²) in [6, 6.07) is 9.60. The van der Waals surface area contributed by atoms with E-state index in [4.69, 9.17) is 5.11 Å². The third kappa shape index (κ3) is 4.44. The van der Waals surface area contributed by atoms with E-state index in [1.165, 1.54) is 0 Å². The van der Waals surface area contributed by atoms with Crippen molar-refractivity contribution in [3.63, 3.8) is 0 Å². The number of aliphatic carboxylic acids is 2. The molecule has 3 aromatic rings. The molecule has 2 aliphatic rings. The second-order valence-corrected chi connectivity index (χ2v) is 9.34. The van der Waals surface area contributed by atoms with Gasteiger partial charge in [0.2, 0.25) is 5.91 Å². The molecule has 4 heterocycles. The first-order chi connectivity index (χ1) is 16.8. The van der Waals surface area contributed by atoms with E-state index in [1.54, 1.807) is 36.5 Å². The lowest BCUT2D eigenvalue weighted by Crippen LogP contribution is -2.49. The standard InChI is InChI=1S/C25H26N4O6/c30-21(6-7-23(32)33)27-16-4-5-17-18(10-26-19(17)9-16)24(25(34)35)28-11-14-8-15(13-28)20-2-1-3-22(31)29(20)12-14/h1-5,9-10,14-15,24,26H,6-8,11-13H2,(H,27,30)(H,32,33)(H,34,35)/t14-,15+,24+/m1/s1. The quantitative estimate of drug-likeness (QED) is 0.408. The number of carboxylic acids is 2. The van der Waals surface area contributed by atoms with E-state index in [0.717, 1.165) is 17.5 Å². The van der Waals surface area contributed by atoms with E-state index in [-0.39, 0.29) is 30.2 Å². The molecule has 1 fully saturated rings. The number of hydrogen-bond acceptors (Lipinski definition) is 5. The number of hydrogen-bond donors (Lipinski definition) is 4. The molecule has 1 saturated heterocycles. The summed E-state index contributed by atoms with van der Waals surface area (Å²) < 4.78 is 1.82. The number of amides is 1. The van der Waals surface area contributed by atoms with Crippen molar-refractivity contribution in [1.82, 2.24) is 14.5 Å². The lowest BCUT2D eigenvalue weighted by atomic mass is 9.82. The molecule has 0 spiro atoms. The van der Waals surface area contributed by atoms with Crippen molar-refractivity contribution in [3.8, 4) is 0 Å². The highest BCUT2D eigenvalue weighted by molar-refractivity contribution is 5.96. The van der Waals surface area contributed by atoms with Crippen molar-refractivity contribution in [2.45, 2.75) is 37.8 Å². The second kappa shape index (κ2) is 9.03. The van der Waals surface area contributed by atoms with Crippen LogP contribution in [0.15, 0.2) is 47.4 Å². The Morgan fingerprint density at radius 2 is 1.91 bits per heavy atom. The molecule has 3 atom stereocenters. The van der Waals surface area contributed by atoms with Crippen LogP contribution < -0.4 is 10.9 Å². The van der Waals surface area contributed by atoms with Gasteiger partial charge in [0.25, 0.3) is 5.56 Å². The number of nitrogens with one attached hydrogen (secondary N) is 2. The maximum Gasteiger partial charge on any atom is 0.325 e. The summed E-state index contributed by atoms with van der Waals surface area (Å²) in [6.45, 7) is 1.72. The number of rotatable bonds is 7. The van der Waals surface area contributed by atoms with Crippen molar-refractivity contribution in [2.75, 3.05) is 18.4 Å². The van der Waals surface area contributed by atoms with E-state index in [9.17, 15) is 24.3 Å². The highest BCUT2D eigenvalue weighted by atomic mass is 16.4. The van der Waals surface area contributed by atoms with Gasteiger partial charge in [-0.15, -0.1) is 0 Å². The minimum atomic E-state index is -1.04. The zero-order chi connectivity index (χ0) is 24.7. The molecule has 10 heteroatoms. The van der Waals surface area contributed by atoms with Crippen LogP contribution in [0.1, 0.15) is 42.5 Å². The van der Waals surface area contributed by atoms with Crippen LogP contribution in [0.5, 0.6) is 0 Å². The SMILES string of the molecule is O=C(O)CCC(=O)Nc1ccc2c([C@@H](C(=O)O)N3C[C@H]4C[C@@H](C3)c3cccc(=O)n3C4)c[nH]c2c1. The zero-order valence-corrected chi connectivity index (χ0v) is 18.9. The van der Waals surface area contributed by atoms with Gasteiger partial charge < -0.3 is 25.1 Å². The first kappa shape index (κ1) is 22.9. The van der Waals surface area contributed by atoms with Gasteiger partial charge in [0, 0.05) is 72.1 Å². The molecule has 0 unspecified atom stereocenters. The normalized spacial score (nSPS) is 20.2. The highest BCUT2D eigenvalue weighted by Gasteiger charge is 2.40. The van der Waals surface area contributed by atoms with E-state index < -0.39 is 23.9 Å². The third-order valence-electron chi connectivity index (χ3n) is 6.97. The largest absolute Gasteiger partial charge is 0.481 e. The summed E-state index contributed by atoms with van der Waals surface area (Å²) in [4.78, 5) is 52.6. The number of benzene rings is 1. The van der Waals surface area contributed by atoms with Gasteiger partial charge in [-0.1, -0.05) is 12.1 Å². The number of fused-ring (bicyclic) bond motifs is 5. The predicted molar refractivity (Wildman–Crippen MR) is 127 cm³/mol. The van der Waals surface area contributed by atoms with Crippen molar-refractivity contribution < 1.29 is 24.6 Å². The number of carbonyl (C=O) groups is 3. The number of carbonyl (C=O) groups excluding carboxylic acids is 1. The Morgan fingerprint density at radius 3 is 2.69 bits per heavy atom. The van der Waals surface area contributed by atoms with Crippen molar-refractivity contribution >= 4 is 34.4 Å². The molecular formula is C25H26N4O6. The summed E-state index contributed by atoms with van der Waals surface area (Å²) >= 11 is 0. The van der Waals surface area contributed by atoms with Crippen molar-refractivity contribution in [1.29, 1.82) is 0 Å². The zero-order valence-electron chi connectivity index (χ0n) is 18.9. The van der Waals surface area contributed by atoms with E-state index >= 15 is 0 Å². The number of nitrogens with zero attached hydrogens (tertiary/aromatic N) is 2. The summed E-state index contributed by atoms with van der Waals surface area (Å²) in [5.74, 6) is -2.10. The van der Waals surface area contributed by atoms with E-state index in [2.05, 4.69) is 10.3 Å². The molecule has 0 radical (unpaired) electrons. The first-order valence-corrected chi connectivity index (χ1v) is 11.6. The van der Waals surface area contributed by atoms with E-state index in [1.807, 2.05) is 15.5 Å². The molecule has 2 aliphatic heterocycles. The average Bonchev–Trinajstić information content (AvgIpc) is 3.21. The Hall–Kier alpha value is -3.92. The molecule has 4 N–H and O–H groups in total. The molecular weight excluding hydrogens is 452 g/mol. The Labute approximate surface area is 200 Å². The van der Waals surface area contributed by atoms with Crippen LogP contribution in [0.2, 0.25) is 0 Å². The maximum absolute atomic E-state index is 12.5. The van der Waals surface area contributed by atoms with Crippen LogP contribution in [0.4, 0.5) is 5.69 Å². The lowest BCUT2D eigenvalue weighted by Gasteiger charge is -2.44. The van der Waals surface area contributed by atoms with Crippen LogP contribution in [-0.4, -0.2) is 55.6 Å². The van der Waals surface area contributed by atoms with Crippen LogP contribution >= 0.6 is 0 Å². The Kier molecular flexibility index (Phi) is 5.89. The number of anilines is 1. The average molecular weight is 479 g/mol. The van der Waals surface area contributed by atoms with Gasteiger partial charge in [-0.2, -0.15) is 0 Å². The van der Waals surface area contributed by atoms with Crippen LogP contribution in [-0.2, 0) is 20.9 Å². The maximum atomic E-state index is 12.5. The number of aromatic nitrogens is 2. The third-order valence-corrected chi connectivity index (χ3v) is 6.97. The summed E-state index contributed by atoms with van der Waals surface area (Å²) in [5, 5.41) is 22.4. The Balaban J connectivity index is 1.40. The molecule has 2 aromatic heterocycles. The van der Waals surface area contributed by atoms with Crippen molar-refractivity contribution in [3.05, 3.63) is 64.2 Å². The molecule has 35 heavy (non-hydrogen) atoms. The molecule has 2 bridgehead atoms. The fourth-order valence-corrected chi connectivity index (χ4v) is 5.53. The van der Waals surface area contributed by atoms with Gasteiger partial charge in [-0.05, 0) is 30.5 Å². The number of aromatic amines is 1. The molecule has 0 saturated carbocycles. The first-order valence-electron chi connectivity index (χ1n) is 11.6. The smallest absolute Gasteiger partial charge is 0.325 e. The van der Waals surface area contributed by atoms with Gasteiger partial charge in [0.05, 0.1) is 6.42 Å². The molecule has 1 amide bonds. The van der Waals surface area contributed by atoms with Gasteiger partial charge in [0.15, 0.2) is 0 Å². The summed E-state index contributed by atoms with van der Waals surface area (Å²) in [6.07, 6.45) is 2.25. The van der Waals surface area contributed by atoms with Crippen LogP contribution in [0.25, 0.3) is 10.9 Å².